The minimum Gasteiger partial charge on any atom is -0.490 e. The van der Waals surface area contributed by atoms with Crippen molar-refractivity contribution in [2.24, 2.45) is 0 Å². The molecule has 200 valence electrons. The van der Waals surface area contributed by atoms with E-state index in [4.69, 9.17) is 14.2 Å². The predicted molar refractivity (Wildman–Crippen MR) is 130 cm³/mol. The van der Waals surface area contributed by atoms with Gasteiger partial charge in [-0.15, -0.1) is 10.2 Å². The van der Waals surface area contributed by atoms with Gasteiger partial charge in [0.2, 0.25) is 16.0 Å². The molecular weight excluding hydrogens is 510 g/mol. The molecule has 3 atom stereocenters. The first kappa shape index (κ1) is 26.8. The Morgan fingerprint density at radius 1 is 1.16 bits per heavy atom. The molecule has 4 rings (SSSR count). The second-order valence-corrected chi connectivity index (χ2v) is 11.0. The lowest BCUT2D eigenvalue weighted by Crippen LogP contribution is -2.35. The normalized spacial score (nSPS) is 16.9. The molecule has 11 nitrogen and oxygen atoms in total. The van der Waals surface area contributed by atoms with Gasteiger partial charge in [-0.1, -0.05) is 0 Å². The summed E-state index contributed by atoms with van der Waals surface area (Å²) < 4.78 is 75.8. The van der Waals surface area contributed by atoms with Crippen molar-refractivity contribution in [2.45, 2.75) is 51.2 Å². The zero-order valence-corrected chi connectivity index (χ0v) is 21.8. The number of rotatable bonds is 9. The van der Waals surface area contributed by atoms with Gasteiger partial charge in [0.1, 0.15) is 23.7 Å². The van der Waals surface area contributed by atoms with Crippen molar-refractivity contribution < 1.29 is 31.4 Å². The van der Waals surface area contributed by atoms with E-state index in [0.29, 0.717) is 0 Å². The molecule has 37 heavy (non-hydrogen) atoms. The molecule has 0 spiro atoms. The van der Waals surface area contributed by atoms with E-state index in [2.05, 4.69) is 24.9 Å². The monoisotopic (exact) mass is 538 g/mol. The van der Waals surface area contributed by atoms with Crippen molar-refractivity contribution >= 4 is 16.0 Å². The number of hydrogen-bond donors (Lipinski definition) is 1. The van der Waals surface area contributed by atoms with E-state index in [9.17, 15) is 17.2 Å². The Labute approximate surface area is 213 Å². The predicted octanol–water partition coefficient (Wildman–Crippen LogP) is 3.20. The first-order valence-electron chi connectivity index (χ1n) is 11.5. The van der Waals surface area contributed by atoms with E-state index in [1.54, 1.807) is 26.2 Å². The van der Waals surface area contributed by atoms with Crippen molar-refractivity contribution in [1.29, 1.82) is 0 Å². The number of halogens is 2. The molecule has 1 aliphatic rings. The van der Waals surface area contributed by atoms with Crippen LogP contribution in [0.3, 0.4) is 0 Å². The molecule has 2 unspecified atom stereocenters. The second kappa shape index (κ2) is 10.6. The Balaban J connectivity index is 1.73. The van der Waals surface area contributed by atoms with E-state index in [-0.39, 0.29) is 48.2 Å². The maximum Gasteiger partial charge on any atom is 0.240 e. The molecule has 0 fully saturated rings. The van der Waals surface area contributed by atoms with E-state index >= 15 is 0 Å². The van der Waals surface area contributed by atoms with E-state index in [0.717, 1.165) is 17.7 Å². The quantitative estimate of drug-likeness (QED) is 0.436. The fourth-order valence-electron chi connectivity index (χ4n) is 3.90. The molecule has 1 aromatic carbocycles. The van der Waals surface area contributed by atoms with Gasteiger partial charge in [0, 0.05) is 25.6 Å². The average molecular weight is 539 g/mol. The fourth-order valence-corrected chi connectivity index (χ4v) is 4.99. The lowest BCUT2D eigenvalue weighted by Gasteiger charge is -2.26. The minimum absolute atomic E-state index is 0.0302. The smallest absolute Gasteiger partial charge is 0.240 e. The number of ether oxygens (including phenoxy) is 3. The van der Waals surface area contributed by atoms with Crippen molar-refractivity contribution in [3.05, 3.63) is 47.5 Å². The topological polar surface area (TPSA) is 130 Å². The van der Waals surface area contributed by atoms with Crippen LogP contribution >= 0.6 is 0 Å². The highest BCUT2D eigenvalue weighted by Crippen LogP contribution is 2.38. The van der Waals surface area contributed by atoms with Gasteiger partial charge < -0.3 is 14.2 Å². The molecule has 0 aliphatic carbocycles. The van der Waals surface area contributed by atoms with Crippen LogP contribution in [0.25, 0.3) is 11.4 Å². The Hall–Kier alpha value is -3.23. The van der Waals surface area contributed by atoms with Gasteiger partial charge in [-0.25, -0.2) is 27.2 Å². The van der Waals surface area contributed by atoms with Crippen LogP contribution in [0, 0.1) is 18.6 Å². The van der Waals surface area contributed by atoms with Crippen LogP contribution in [-0.4, -0.2) is 64.8 Å². The minimum atomic E-state index is -4.16. The summed E-state index contributed by atoms with van der Waals surface area (Å²) in [6.45, 7) is 6.91. The first-order chi connectivity index (χ1) is 17.5. The zero-order chi connectivity index (χ0) is 26.9. The molecule has 0 bridgehead atoms. The molecule has 1 aliphatic heterocycles. The standard InChI is InChI=1S/C23H28F2N6O5S/c1-12(2)36-20(21-26-8-13(3)9-27-21)14(4)37(32,33)30-23-29-28-22-16-6-17(24)18(25)7-19(16)35-11-15(10-34-5)31(22)23/h6-9,12,14-15,20H,10-11H2,1-5H3,(H,29,30)/t14?,15-,20?/m0/s1. The molecule has 0 radical (unpaired) electrons. The van der Waals surface area contributed by atoms with Crippen molar-refractivity contribution in [1.82, 2.24) is 24.7 Å². The van der Waals surface area contributed by atoms with Crippen molar-refractivity contribution in [3.63, 3.8) is 0 Å². The highest BCUT2D eigenvalue weighted by Gasteiger charge is 2.37. The summed E-state index contributed by atoms with van der Waals surface area (Å²) in [7, 11) is -2.70. The van der Waals surface area contributed by atoms with Crippen LogP contribution in [0.5, 0.6) is 5.75 Å². The Kier molecular flexibility index (Phi) is 7.71. The van der Waals surface area contributed by atoms with Crippen LogP contribution < -0.4 is 9.46 Å². The molecule has 3 heterocycles. The van der Waals surface area contributed by atoms with Crippen molar-refractivity contribution in [2.75, 3.05) is 25.0 Å². The molecule has 0 saturated carbocycles. The van der Waals surface area contributed by atoms with Crippen LogP contribution in [0.15, 0.2) is 24.5 Å². The number of aromatic nitrogens is 5. The summed E-state index contributed by atoms with van der Waals surface area (Å²) in [6.07, 6.45) is 1.87. The fraction of sp³-hybridized carbons (Fsp3) is 0.478. The van der Waals surface area contributed by atoms with Gasteiger partial charge in [-0.3, -0.25) is 9.29 Å². The van der Waals surface area contributed by atoms with Gasteiger partial charge in [0.15, 0.2) is 23.3 Å². The summed E-state index contributed by atoms with van der Waals surface area (Å²) >= 11 is 0. The maximum absolute atomic E-state index is 14.1. The van der Waals surface area contributed by atoms with Crippen LogP contribution in [0.2, 0.25) is 0 Å². The summed E-state index contributed by atoms with van der Waals surface area (Å²) in [5.74, 6) is -1.97. The summed E-state index contributed by atoms with van der Waals surface area (Å²) in [5, 5.41) is 6.94. The Morgan fingerprint density at radius 3 is 2.49 bits per heavy atom. The molecule has 3 aromatic rings. The van der Waals surface area contributed by atoms with Gasteiger partial charge >= 0.3 is 0 Å². The largest absolute Gasteiger partial charge is 0.490 e. The number of nitrogens with one attached hydrogen (secondary N) is 1. The lowest BCUT2D eigenvalue weighted by atomic mass is 10.1. The third-order valence-electron chi connectivity index (χ3n) is 5.74. The van der Waals surface area contributed by atoms with Crippen LogP contribution in [0.4, 0.5) is 14.7 Å². The molecule has 0 saturated heterocycles. The Bertz CT molecular complexity index is 1370. The Morgan fingerprint density at radius 2 is 1.84 bits per heavy atom. The summed E-state index contributed by atoms with van der Waals surface area (Å²) in [6, 6.07) is 1.24. The molecule has 2 aromatic heterocycles. The molecule has 1 N–H and O–H groups in total. The zero-order valence-electron chi connectivity index (χ0n) is 21.0. The third kappa shape index (κ3) is 5.55. The number of fused-ring (bicyclic) bond motifs is 3. The number of nitrogens with zero attached hydrogens (tertiary/aromatic N) is 5. The highest BCUT2D eigenvalue weighted by molar-refractivity contribution is 7.93. The number of benzene rings is 1. The second-order valence-electron chi connectivity index (χ2n) is 8.98. The SMILES string of the molecule is COC[C@H]1COc2cc(F)c(F)cc2-c2nnc(NS(=O)(=O)C(C)C(OC(C)C)c3ncc(C)cn3)n21. The van der Waals surface area contributed by atoms with E-state index in [1.807, 2.05) is 6.92 Å². The lowest BCUT2D eigenvalue weighted by molar-refractivity contribution is 0.00152. The molecule has 14 heteroatoms. The number of methoxy groups -OCH3 is 1. The number of aryl methyl sites for hydroxylation is 1. The number of hydrogen-bond acceptors (Lipinski definition) is 9. The first-order valence-corrected chi connectivity index (χ1v) is 13.1. The van der Waals surface area contributed by atoms with Gasteiger partial charge in [0.25, 0.3) is 0 Å². The average Bonchev–Trinajstić information content (AvgIpc) is 3.18. The van der Waals surface area contributed by atoms with Crippen LogP contribution in [-0.2, 0) is 19.5 Å². The van der Waals surface area contributed by atoms with E-state index < -0.39 is 39.1 Å². The summed E-state index contributed by atoms with van der Waals surface area (Å²) in [4.78, 5) is 8.52. The molecular formula is C23H28F2N6O5S. The highest BCUT2D eigenvalue weighted by atomic mass is 32.2. The number of sulfonamides is 1. The van der Waals surface area contributed by atoms with E-state index in [1.165, 1.54) is 18.6 Å². The molecule has 0 amide bonds. The van der Waals surface area contributed by atoms with Gasteiger partial charge in [-0.05, 0) is 39.3 Å². The summed E-state index contributed by atoms with van der Waals surface area (Å²) in [5.41, 5.74) is 0.937. The van der Waals surface area contributed by atoms with Crippen molar-refractivity contribution in [3.8, 4) is 17.1 Å². The maximum atomic E-state index is 14.1. The van der Waals surface area contributed by atoms with Gasteiger partial charge in [0.05, 0.1) is 24.3 Å². The number of anilines is 1. The van der Waals surface area contributed by atoms with Crippen LogP contribution in [0.1, 0.15) is 44.3 Å². The van der Waals surface area contributed by atoms with Gasteiger partial charge in [-0.2, -0.15) is 0 Å². The third-order valence-corrected chi connectivity index (χ3v) is 7.43.